The molecule has 2 unspecified atom stereocenters. The maximum atomic E-state index is 12.9. The van der Waals surface area contributed by atoms with Crippen molar-refractivity contribution in [3.8, 4) is 0 Å². The smallest absolute Gasteiger partial charge is 0.340 e. The molecule has 0 aromatic heterocycles. The van der Waals surface area contributed by atoms with E-state index in [2.05, 4.69) is 5.32 Å². The molecule has 2 saturated heterocycles. The van der Waals surface area contributed by atoms with Gasteiger partial charge in [-0.2, -0.15) is 13.2 Å². The monoisotopic (exact) mass is 397 g/mol. The van der Waals surface area contributed by atoms with Gasteiger partial charge in [-0.1, -0.05) is 25.1 Å². The van der Waals surface area contributed by atoms with Crippen molar-refractivity contribution < 1.29 is 22.8 Å². The van der Waals surface area contributed by atoms with Crippen LogP contribution in [0.25, 0.3) is 0 Å². The van der Waals surface area contributed by atoms with Crippen LogP contribution >= 0.6 is 0 Å². The lowest BCUT2D eigenvalue weighted by Crippen LogP contribution is -2.58. The molecule has 0 aliphatic carbocycles. The molecule has 3 rings (SSSR count). The summed E-state index contributed by atoms with van der Waals surface area (Å²) in [6.07, 6.45) is -2.43. The Hall–Kier alpha value is -2.09. The third-order valence-electron chi connectivity index (χ3n) is 5.49. The van der Waals surface area contributed by atoms with Crippen molar-refractivity contribution in [3.63, 3.8) is 0 Å². The van der Waals surface area contributed by atoms with Crippen LogP contribution in [0.2, 0.25) is 0 Å². The molecule has 1 N–H and O–H groups in total. The molecule has 28 heavy (non-hydrogen) atoms. The second-order valence-electron chi connectivity index (χ2n) is 7.65. The van der Waals surface area contributed by atoms with Crippen molar-refractivity contribution in [1.29, 1.82) is 0 Å². The second kappa shape index (κ2) is 8.51. The zero-order chi connectivity index (χ0) is 20.3. The standard InChI is InChI=1S/C20H26F3N3O2/c1-14(10-15-4-2-5-16(11-15)20(21,22)23)19(28)25-8-3-6-17(13-25)26-9-7-24-12-18(26)27/h2,4-5,11,14,17,24H,3,6-10,12-13H2,1H3. The van der Waals surface area contributed by atoms with E-state index in [4.69, 9.17) is 0 Å². The summed E-state index contributed by atoms with van der Waals surface area (Å²) in [5, 5.41) is 3.05. The predicted molar refractivity (Wildman–Crippen MR) is 98.5 cm³/mol. The number of hydrogen-bond acceptors (Lipinski definition) is 3. The number of carbonyl (C=O) groups is 2. The lowest BCUT2D eigenvalue weighted by atomic mass is 9.96. The minimum atomic E-state index is -4.39. The number of amides is 2. The summed E-state index contributed by atoms with van der Waals surface area (Å²) in [6.45, 7) is 4.60. The highest BCUT2D eigenvalue weighted by Gasteiger charge is 2.33. The number of likely N-dealkylation sites (tertiary alicyclic amines) is 1. The van der Waals surface area contributed by atoms with Crippen LogP contribution in [0.5, 0.6) is 0 Å². The number of hydrogen-bond donors (Lipinski definition) is 1. The van der Waals surface area contributed by atoms with Gasteiger partial charge in [0.1, 0.15) is 0 Å². The Kier molecular flexibility index (Phi) is 6.27. The van der Waals surface area contributed by atoms with Gasteiger partial charge >= 0.3 is 6.18 Å². The first-order chi connectivity index (χ1) is 13.3. The van der Waals surface area contributed by atoms with Crippen molar-refractivity contribution in [2.45, 2.75) is 38.4 Å². The van der Waals surface area contributed by atoms with Crippen molar-refractivity contribution in [2.75, 3.05) is 32.7 Å². The Bertz CT molecular complexity index is 723. The Balaban J connectivity index is 1.62. The highest BCUT2D eigenvalue weighted by atomic mass is 19.4. The Morgan fingerprint density at radius 3 is 2.82 bits per heavy atom. The van der Waals surface area contributed by atoms with Crippen molar-refractivity contribution in [3.05, 3.63) is 35.4 Å². The zero-order valence-electron chi connectivity index (χ0n) is 16.0. The summed E-state index contributed by atoms with van der Waals surface area (Å²) in [5.74, 6) is -0.423. The quantitative estimate of drug-likeness (QED) is 0.848. The van der Waals surface area contributed by atoms with Crippen LogP contribution in [0.3, 0.4) is 0 Å². The molecule has 1 aromatic rings. The lowest BCUT2D eigenvalue weighted by Gasteiger charge is -2.41. The molecule has 0 spiro atoms. The fourth-order valence-electron chi connectivity index (χ4n) is 4.04. The maximum Gasteiger partial charge on any atom is 0.416 e. The summed E-state index contributed by atoms with van der Waals surface area (Å²) >= 11 is 0. The summed E-state index contributed by atoms with van der Waals surface area (Å²) in [7, 11) is 0. The fourth-order valence-corrected chi connectivity index (χ4v) is 4.04. The molecule has 0 radical (unpaired) electrons. The molecule has 2 aliphatic heterocycles. The number of halogens is 3. The van der Waals surface area contributed by atoms with Crippen LogP contribution in [0.1, 0.15) is 30.9 Å². The van der Waals surface area contributed by atoms with Crippen molar-refractivity contribution in [1.82, 2.24) is 15.1 Å². The second-order valence-corrected chi connectivity index (χ2v) is 7.65. The summed E-state index contributed by atoms with van der Waals surface area (Å²) < 4.78 is 38.7. The third-order valence-corrected chi connectivity index (χ3v) is 5.49. The van der Waals surface area contributed by atoms with Crippen LogP contribution in [-0.4, -0.2) is 60.4 Å². The molecule has 1 aromatic carbocycles. The number of alkyl halides is 3. The van der Waals surface area contributed by atoms with E-state index in [-0.39, 0.29) is 24.3 Å². The van der Waals surface area contributed by atoms with E-state index >= 15 is 0 Å². The number of nitrogens with one attached hydrogen (secondary N) is 1. The zero-order valence-corrected chi connectivity index (χ0v) is 16.0. The first-order valence-electron chi connectivity index (χ1n) is 9.71. The largest absolute Gasteiger partial charge is 0.416 e. The number of rotatable bonds is 4. The number of piperazine rings is 1. The molecule has 154 valence electrons. The Morgan fingerprint density at radius 1 is 1.32 bits per heavy atom. The summed E-state index contributed by atoms with van der Waals surface area (Å²) in [6, 6.07) is 5.17. The van der Waals surface area contributed by atoms with Crippen LogP contribution in [-0.2, 0) is 22.2 Å². The highest BCUT2D eigenvalue weighted by Crippen LogP contribution is 2.30. The van der Waals surface area contributed by atoms with Gasteiger partial charge in [0.25, 0.3) is 0 Å². The molecule has 2 atom stereocenters. The molecular weight excluding hydrogens is 371 g/mol. The SMILES string of the molecule is CC(Cc1cccc(C(F)(F)F)c1)C(=O)N1CCCC(N2CCNCC2=O)C1. The van der Waals surface area contributed by atoms with Gasteiger partial charge in [0.15, 0.2) is 0 Å². The van der Waals surface area contributed by atoms with Crippen LogP contribution in [0, 0.1) is 5.92 Å². The molecule has 2 aliphatic rings. The maximum absolute atomic E-state index is 12.9. The van der Waals surface area contributed by atoms with Gasteiger partial charge in [-0.05, 0) is 30.9 Å². The van der Waals surface area contributed by atoms with Gasteiger partial charge in [-0.25, -0.2) is 0 Å². The van der Waals surface area contributed by atoms with Gasteiger partial charge in [-0.15, -0.1) is 0 Å². The van der Waals surface area contributed by atoms with Gasteiger partial charge in [0.2, 0.25) is 11.8 Å². The first-order valence-corrected chi connectivity index (χ1v) is 9.71. The van der Waals surface area contributed by atoms with Gasteiger partial charge < -0.3 is 15.1 Å². The normalized spacial score (nSPS) is 22.3. The highest BCUT2D eigenvalue weighted by molar-refractivity contribution is 5.80. The number of carbonyl (C=O) groups excluding carboxylic acids is 2. The minimum absolute atomic E-state index is 0.0213. The van der Waals surface area contributed by atoms with E-state index in [1.165, 1.54) is 6.07 Å². The minimum Gasteiger partial charge on any atom is -0.340 e. The molecule has 5 nitrogen and oxygen atoms in total. The average molecular weight is 397 g/mol. The Morgan fingerprint density at radius 2 is 2.11 bits per heavy atom. The summed E-state index contributed by atoms with van der Waals surface area (Å²) in [5.41, 5.74) is -0.193. The molecule has 2 amide bonds. The average Bonchev–Trinajstić information content (AvgIpc) is 2.67. The van der Waals surface area contributed by atoms with Gasteiger partial charge in [0, 0.05) is 38.1 Å². The molecule has 8 heteroatoms. The molecule has 2 heterocycles. The van der Waals surface area contributed by atoms with E-state index in [0.717, 1.165) is 31.5 Å². The number of benzene rings is 1. The predicted octanol–water partition coefficient (Wildman–Crippen LogP) is 2.31. The summed E-state index contributed by atoms with van der Waals surface area (Å²) in [4.78, 5) is 28.6. The van der Waals surface area contributed by atoms with E-state index in [1.807, 2.05) is 4.90 Å². The van der Waals surface area contributed by atoms with E-state index in [9.17, 15) is 22.8 Å². The third kappa shape index (κ3) is 4.84. The van der Waals surface area contributed by atoms with Crippen molar-refractivity contribution >= 4 is 11.8 Å². The number of piperidine rings is 1. The van der Waals surface area contributed by atoms with E-state index in [1.54, 1.807) is 17.9 Å². The van der Waals surface area contributed by atoms with Gasteiger partial charge in [0.05, 0.1) is 12.1 Å². The van der Waals surface area contributed by atoms with Crippen LogP contribution in [0.4, 0.5) is 13.2 Å². The molecule has 0 saturated carbocycles. The fraction of sp³-hybridized carbons (Fsp3) is 0.600. The van der Waals surface area contributed by atoms with Gasteiger partial charge in [-0.3, -0.25) is 9.59 Å². The number of nitrogens with zero attached hydrogens (tertiary/aromatic N) is 2. The molecular formula is C20H26F3N3O2. The van der Waals surface area contributed by atoms with E-state index < -0.39 is 17.7 Å². The van der Waals surface area contributed by atoms with E-state index in [0.29, 0.717) is 31.7 Å². The van der Waals surface area contributed by atoms with Crippen LogP contribution in [0.15, 0.2) is 24.3 Å². The van der Waals surface area contributed by atoms with Crippen LogP contribution < -0.4 is 5.32 Å². The lowest BCUT2D eigenvalue weighted by molar-refractivity contribution is -0.142. The molecule has 0 bridgehead atoms. The first kappa shape index (κ1) is 20.6. The Labute approximate surface area is 162 Å². The topological polar surface area (TPSA) is 52.7 Å². The molecule has 2 fully saturated rings. The van der Waals surface area contributed by atoms with Crippen molar-refractivity contribution in [2.24, 2.45) is 5.92 Å².